The number of hydrogen-bond donors (Lipinski definition) is 0. The summed E-state index contributed by atoms with van der Waals surface area (Å²) >= 11 is 0. The molecule has 1 aromatic heterocycles. The van der Waals surface area contributed by atoms with Crippen LogP contribution >= 0.6 is 0 Å². The number of ketones is 1. The van der Waals surface area contributed by atoms with Crippen molar-refractivity contribution < 1.29 is 4.79 Å². The third-order valence-electron chi connectivity index (χ3n) is 2.56. The molecule has 3 heteroatoms. The lowest BCUT2D eigenvalue weighted by Crippen LogP contribution is -2.14. The number of hydrogen-bond acceptors (Lipinski definition) is 3. The molecule has 0 aromatic carbocycles. The molecule has 0 N–H and O–H groups in total. The Bertz CT molecular complexity index is 370. The third-order valence-corrected chi connectivity index (χ3v) is 2.56. The summed E-state index contributed by atoms with van der Waals surface area (Å²) < 4.78 is 0. The Morgan fingerprint density at radius 2 is 2.07 bits per heavy atom. The van der Waals surface area contributed by atoms with E-state index in [0.717, 1.165) is 30.5 Å². The largest absolute Gasteiger partial charge is 0.299 e. The Morgan fingerprint density at radius 1 is 1.27 bits per heavy atom. The topological polar surface area (TPSA) is 42.3 Å². The van der Waals surface area contributed by atoms with Crippen LogP contribution in [-0.4, -0.2) is 16.5 Å². The monoisotopic (exact) mass is 202 g/mol. The van der Waals surface area contributed by atoms with Crippen LogP contribution in [0.2, 0.25) is 0 Å². The Morgan fingerprint density at radius 3 is 2.80 bits per heavy atom. The quantitative estimate of drug-likeness (QED) is 0.737. The molecule has 15 heavy (non-hydrogen) atoms. The Kier molecular flexibility index (Phi) is 3.22. The zero-order valence-electron chi connectivity index (χ0n) is 8.65. The van der Waals surface area contributed by atoms with E-state index in [4.69, 9.17) is 0 Å². The summed E-state index contributed by atoms with van der Waals surface area (Å²) in [4.78, 5) is 19.6. The molecular formula is C12H14N2O. The fourth-order valence-corrected chi connectivity index (χ4v) is 1.72. The molecule has 0 atom stereocenters. The number of aliphatic imine (C=N–C) groups is 1. The molecule has 0 spiro atoms. The highest BCUT2D eigenvalue weighted by molar-refractivity contribution is 6.03. The molecule has 78 valence electrons. The Balaban J connectivity index is 1.96. The van der Waals surface area contributed by atoms with Gasteiger partial charge in [-0.15, -0.1) is 0 Å². The lowest BCUT2D eigenvalue weighted by Gasteiger charge is -2.11. The zero-order chi connectivity index (χ0) is 10.5. The van der Waals surface area contributed by atoms with Crippen molar-refractivity contribution in [1.29, 1.82) is 0 Å². The molecule has 0 amide bonds. The maximum atomic E-state index is 11.2. The number of nitrogens with zero attached hydrogens (tertiary/aromatic N) is 2. The normalized spacial score (nSPS) is 19.5. The van der Waals surface area contributed by atoms with Gasteiger partial charge in [0.05, 0.1) is 6.54 Å². The number of carbonyl (C=O) groups excluding carboxylic acids is 1. The number of carbonyl (C=O) groups is 1. The molecule has 1 saturated carbocycles. The van der Waals surface area contributed by atoms with Gasteiger partial charge in [0.15, 0.2) is 0 Å². The van der Waals surface area contributed by atoms with Gasteiger partial charge in [0.2, 0.25) is 0 Å². The molecule has 2 rings (SSSR count). The highest BCUT2D eigenvalue weighted by atomic mass is 16.1. The predicted molar refractivity (Wildman–Crippen MR) is 58.9 cm³/mol. The van der Waals surface area contributed by atoms with E-state index < -0.39 is 0 Å². The van der Waals surface area contributed by atoms with Crippen LogP contribution in [0.4, 0.5) is 0 Å². The summed E-state index contributed by atoms with van der Waals surface area (Å²) in [5, 5.41) is 0. The second kappa shape index (κ2) is 4.82. The first-order chi connectivity index (χ1) is 7.34. The number of pyridine rings is 1. The third kappa shape index (κ3) is 2.98. The minimum atomic E-state index is 0.328. The molecule has 0 radical (unpaired) electrons. The van der Waals surface area contributed by atoms with Crippen molar-refractivity contribution in [3.05, 3.63) is 30.1 Å². The van der Waals surface area contributed by atoms with Crippen molar-refractivity contribution in [2.24, 2.45) is 4.99 Å². The van der Waals surface area contributed by atoms with Crippen molar-refractivity contribution in [2.75, 3.05) is 0 Å². The van der Waals surface area contributed by atoms with Crippen LogP contribution in [0.5, 0.6) is 0 Å². The van der Waals surface area contributed by atoms with Crippen LogP contribution in [0, 0.1) is 0 Å². The van der Waals surface area contributed by atoms with E-state index in [1.54, 1.807) is 12.4 Å². The average Bonchev–Trinajstić information content (AvgIpc) is 2.28. The van der Waals surface area contributed by atoms with Crippen LogP contribution < -0.4 is 0 Å². The molecular weight excluding hydrogens is 188 g/mol. The Hall–Kier alpha value is -1.51. The highest BCUT2D eigenvalue weighted by Crippen LogP contribution is 2.12. The van der Waals surface area contributed by atoms with Gasteiger partial charge in [0.1, 0.15) is 5.78 Å². The summed E-state index contributed by atoms with van der Waals surface area (Å²) in [6.07, 6.45) is 6.77. The number of rotatable bonds is 2. The van der Waals surface area contributed by atoms with Crippen LogP contribution in [0.1, 0.15) is 31.2 Å². The molecule has 1 aliphatic rings. The van der Waals surface area contributed by atoms with Crippen LogP contribution in [-0.2, 0) is 11.3 Å². The smallest absolute Gasteiger partial charge is 0.138 e. The minimum absolute atomic E-state index is 0.328. The molecule has 0 bridgehead atoms. The van der Waals surface area contributed by atoms with Gasteiger partial charge >= 0.3 is 0 Å². The van der Waals surface area contributed by atoms with Crippen molar-refractivity contribution in [3.63, 3.8) is 0 Å². The van der Waals surface area contributed by atoms with Gasteiger partial charge in [0.25, 0.3) is 0 Å². The van der Waals surface area contributed by atoms with Gasteiger partial charge in [-0.2, -0.15) is 0 Å². The highest BCUT2D eigenvalue weighted by Gasteiger charge is 2.13. The lowest BCUT2D eigenvalue weighted by molar-refractivity contribution is -0.118. The van der Waals surface area contributed by atoms with Gasteiger partial charge in [-0.25, -0.2) is 0 Å². The SMILES string of the molecule is O=C1CCCC(=NCc2ccncc2)C1. The van der Waals surface area contributed by atoms with E-state index in [1.165, 1.54) is 0 Å². The summed E-state index contributed by atoms with van der Waals surface area (Å²) in [6.45, 7) is 0.672. The fourth-order valence-electron chi connectivity index (χ4n) is 1.72. The van der Waals surface area contributed by atoms with Crippen molar-refractivity contribution in [2.45, 2.75) is 32.2 Å². The van der Waals surface area contributed by atoms with Gasteiger partial charge < -0.3 is 0 Å². The van der Waals surface area contributed by atoms with Crippen LogP contribution in [0.15, 0.2) is 29.5 Å². The zero-order valence-corrected chi connectivity index (χ0v) is 8.65. The summed E-state index contributed by atoms with van der Waals surface area (Å²) in [7, 11) is 0. The van der Waals surface area contributed by atoms with Crippen LogP contribution in [0.3, 0.4) is 0 Å². The summed E-state index contributed by atoms with van der Waals surface area (Å²) in [5.41, 5.74) is 2.21. The van der Waals surface area contributed by atoms with Crippen molar-refractivity contribution >= 4 is 11.5 Å². The van der Waals surface area contributed by atoms with Gasteiger partial charge in [-0.05, 0) is 30.5 Å². The van der Waals surface area contributed by atoms with Gasteiger partial charge in [0, 0.05) is 30.9 Å². The number of aromatic nitrogens is 1. The first-order valence-corrected chi connectivity index (χ1v) is 5.27. The standard InChI is InChI=1S/C12H14N2O/c15-12-3-1-2-11(8-12)14-9-10-4-6-13-7-5-10/h4-7H,1-3,8-9H2. The van der Waals surface area contributed by atoms with Crippen molar-refractivity contribution in [1.82, 2.24) is 4.98 Å². The maximum absolute atomic E-state index is 11.2. The van der Waals surface area contributed by atoms with E-state index in [-0.39, 0.29) is 0 Å². The maximum Gasteiger partial charge on any atom is 0.138 e. The summed E-state index contributed by atoms with van der Waals surface area (Å²) in [5.74, 6) is 0.328. The molecule has 0 unspecified atom stereocenters. The second-order valence-corrected chi connectivity index (χ2v) is 3.81. The second-order valence-electron chi connectivity index (χ2n) is 3.81. The van der Waals surface area contributed by atoms with E-state index in [9.17, 15) is 4.79 Å². The first-order valence-electron chi connectivity index (χ1n) is 5.27. The molecule has 1 aliphatic carbocycles. The molecule has 1 heterocycles. The van der Waals surface area contributed by atoms with E-state index >= 15 is 0 Å². The van der Waals surface area contributed by atoms with Gasteiger partial charge in [-0.3, -0.25) is 14.8 Å². The first kappa shape index (κ1) is 10.0. The molecule has 0 saturated heterocycles. The van der Waals surface area contributed by atoms with Gasteiger partial charge in [-0.1, -0.05) is 0 Å². The average molecular weight is 202 g/mol. The molecule has 0 aliphatic heterocycles. The summed E-state index contributed by atoms with van der Waals surface area (Å²) in [6, 6.07) is 3.91. The predicted octanol–water partition coefficient (Wildman–Crippen LogP) is 2.17. The fraction of sp³-hybridized carbons (Fsp3) is 0.417. The van der Waals surface area contributed by atoms with E-state index in [2.05, 4.69) is 9.98 Å². The number of Topliss-reactive ketones (excluding diaryl/α,β-unsaturated/α-hetero) is 1. The van der Waals surface area contributed by atoms with Crippen LogP contribution in [0.25, 0.3) is 0 Å². The molecule has 1 fully saturated rings. The van der Waals surface area contributed by atoms with Crippen molar-refractivity contribution in [3.8, 4) is 0 Å². The Labute approximate surface area is 89.3 Å². The molecule has 1 aromatic rings. The molecule has 3 nitrogen and oxygen atoms in total. The minimum Gasteiger partial charge on any atom is -0.299 e. The van der Waals surface area contributed by atoms with E-state index in [0.29, 0.717) is 18.7 Å². The lowest BCUT2D eigenvalue weighted by atomic mass is 9.97. The van der Waals surface area contributed by atoms with E-state index in [1.807, 2.05) is 12.1 Å².